The molecule has 2 aromatic rings. The van der Waals surface area contributed by atoms with Crippen molar-refractivity contribution in [3.05, 3.63) is 30.1 Å². The summed E-state index contributed by atoms with van der Waals surface area (Å²) in [5, 5.41) is 5.09. The molecule has 6 nitrogen and oxygen atoms in total. The molecule has 0 aliphatic carbocycles. The van der Waals surface area contributed by atoms with E-state index in [1.165, 1.54) is 6.92 Å². The monoisotopic (exact) mass is 276 g/mol. The summed E-state index contributed by atoms with van der Waals surface area (Å²) in [5.74, 6) is 0.215. The third kappa shape index (κ3) is 4.72. The van der Waals surface area contributed by atoms with Gasteiger partial charge >= 0.3 is 0 Å². The summed E-state index contributed by atoms with van der Waals surface area (Å²) in [4.78, 5) is 29.4. The molecule has 0 saturated carbocycles. The van der Waals surface area contributed by atoms with Gasteiger partial charge in [0, 0.05) is 6.92 Å². The highest BCUT2D eigenvalue weighted by Crippen LogP contribution is 2.09. The molecule has 0 fully saturated rings. The zero-order valence-electron chi connectivity index (χ0n) is 12.0. The van der Waals surface area contributed by atoms with Gasteiger partial charge in [0.25, 0.3) is 0 Å². The van der Waals surface area contributed by atoms with Gasteiger partial charge in [-0.15, -0.1) is 0 Å². The van der Waals surface area contributed by atoms with E-state index in [1.54, 1.807) is 0 Å². The van der Waals surface area contributed by atoms with E-state index in [4.69, 9.17) is 0 Å². The van der Waals surface area contributed by atoms with Gasteiger partial charge < -0.3 is 15.6 Å². The van der Waals surface area contributed by atoms with Crippen molar-refractivity contribution in [1.29, 1.82) is 0 Å². The van der Waals surface area contributed by atoms with E-state index in [1.807, 2.05) is 38.1 Å². The van der Waals surface area contributed by atoms with Gasteiger partial charge in [0.1, 0.15) is 5.82 Å². The first-order chi connectivity index (χ1) is 9.65. The SMILES string of the molecule is CC.CC(=O)NCC(=O)NCc1nc2ccccc2[nH]1. The number of aromatic nitrogens is 2. The Labute approximate surface area is 118 Å². The molecule has 6 heteroatoms. The molecule has 0 bridgehead atoms. The molecule has 20 heavy (non-hydrogen) atoms. The number of aromatic amines is 1. The molecule has 0 spiro atoms. The number of hydrogen-bond acceptors (Lipinski definition) is 3. The number of carbonyl (C=O) groups excluding carboxylic acids is 2. The summed E-state index contributed by atoms with van der Waals surface area (Å²) in [6.07, 6.45) is 0. The number of rotatable bonds is 4. The van der Waals surface area contributed by atoms with Crippen LogP contribution in [0.3, 0.4) is 0 Å². The van der Waals surface area contributed by atoms with Crippen LogP contribution in [0.25, 0.3) is 11.0 Å². The van der Waals surface area contributed by atoms with Gasteiger partial charge in [-0.3, -0.25) is 9.59 Å². The molecule has 0 atom stereocenters. The molecule has 0 saturated heterocycles. The lowest BCUT2D eigenvalue weighted by atomic mass is 10.3. The van der Waals surface area contributed by atoms with Crippen LogP contribution in [-0.2, 0) is 16.1 Å². The van der Waals surface area contributed by atoms with E-state index >= 15 is 0 Å². The number of carbonyl (C=O) groups is 2. The van der Waals surface area contributed by atoms with Crippen molar-refractivity contribution in [3.8, 4) is 0 Å². The number of fused-ring (bicyclic) bond motifs is 1. The van der Waals surface area contributed by atoms with Gasteiger partial charge in [-0.05, 0) is 12.1 Å². The highest BCUT2D eigenvalue weighted by molar-refractivity contribution is 5.83. The summed E-state index contributed by atoms with van der Waals surface area (Å²) in [6.45, 7) is 5.66. The van der Waals surface area contributed by atoms with Crippen LogP contribution in [0.4, 0.5) is 0 Å². The largest absolute Gasteiger partial charge is 0.347 e. The molecule has 1 aromatic heterocycles. The molecular formula is C14H20N4O2. The number of nitrogens with zero attached hydrogens (tertiary/aromatic N) is 1. The number of para-hydroxylation sites is 2. The Kier molecular flexibility index (Phi) is 6.22. The van der Waals surface area contributed by atoms with Crippen molar-refractivity contribution in [2.24, 2.45) is 0 Å². The Morgan fingerprint density at radius 1 is 1.20 bits per heavy atom. The van der Waals surface area contributed by atoms with E-state index in [2.05, 4.69) is 20.6 Å². The van der Waals surface area contributed by atoms with Crippen LogP contribution in [0.5, 0.6) is 0 Å². The van der Waals surface area contributed by atoms with E-state index < -0.39 is 0 Å². The molecular weight excluding hydrogens is 256 g/mol. The van der Waals surface area contributed by atoms with Crippen molar-refractivity contribution < 1.29 is 9.59 Å². The second-order valence-corrected chi connectivity index (χ2v) is 3.89. The predicted octanol–water partition coefficient (Wildman–Crippen LogP) is 1.34. The maximum absolute atomic E-state index is 11.4. The molecule has 0 aliphatic rings. The maximum Gasteiger partial charge on any atom is 0.239 e. The van der Waals surface area contributed by atoms with Crippen LogP contribution in [0.15, 0.2) is 24.3 Å². The number of benzene rings is 1. The number of H-pyrrole nitrogens is 1. The highest BCUT2D eigenvalue weighted by Gasteiger charge is 2.05. The molecule has 1 aromatic carbocycles. The average molecular weight is 276 g/mol. The van der Waals surface area contributed by atoms with Crippen LogP contribution in [0.1, 0.15) is 26.6 Å². The van der Waals surface area contributed by atoms with Crippen molar-refractivity contribution >= 4 is 22.8 Å². The first kappa shape index (κ1) is 15.7. The van der Waals surface area contributed by atoms with Gasteiger partial charge in [-0.1, -0.05) is 26.0 Å². The molecule has 0 aliphatic heterocycles. The summed E-state index contributed by atoms with van der Waals surface area (Å²) in [7, 11) is 0. The van der Waals surface area contributed by atoms with Crippen molar-refractivity contribution in [3.63, 3.8) is 0 Å². The quantitative estimate of drug-likeness (QED) is 0.787. The molecule has 108 valence electrons. The average Bonchev–Trinajstić information content (AvgIpc) is 2.88. The Morgan fingerprint density at radius 3 is 2.55 bits per heavy atom. The summed E-state index contributed by atoms with van der Waals surface area (Å²) >= 11 is 0. The summed E-state index contributed by atoms with van der Waals surface area (Å²) in [6, 6.07) is 7.64. The highest BCUT2D eigenvalue weighted by atomic mass is 16.2. The zero-order valence-corrected chi connectivity index (χ0v) is 12.0. The van der Waals surface area contributed by atoms with Crippen LogP contribution < -0.4 is 10.6 Å². The molecule has 0 radical (unpaired) electrons. The lowest BCUT2D eigenvalue weighted by Crippen LogP contribution is -2.35. The van der Waals surface area contributed by atoms with Crippen LogP contribution in [0.2, 0.25) is 0 Å². The third-order valence-electron chi connectivity index (χ3n) is 2.39. The Balaban J connectivity index is 0.000000956. The first-order valence-electron chi connectivity index (χ1n) is 6.60. The molecule has 0 unspecified atom stereocenters. The van der Waals surface area contributed by atoms with Gasteiger partial charge in [-0.25, -0.2) is 4.98 Å². The van der Waals surface area contributed by atoms with E-state index in [0.717, 1.165) is 11.0 Å². The molecule has 3 N–H and O–H groups in total. The predicted molar refractivity (Wildman–Crippen MR) is 78.0 cm³/mol. The fraction of sp³-hybridized carbons (Fsp3) is 0.357. The van der Waals surface area contributed by atoms with Gasteiger partial charge in [-0.2, -0.15) is 0 Å². The third-order valence-corrected chi connectivity index (χ3v) is 2.39. The second kappa shape index (κ2) is 7.93. The lowest BCUT2D eigenvalue weighted by Gasteiger charge is -2.03. The number of amides is 2. The zero-order chi connectivity index (χ0) is 15.0. The van der Waals surface area contributed by atoms with Crippen LogP contribution in [-0.4, -0.2) is 28.3 Å². The van der Waals surface area contributed by atoms with E-state index in [0.29, 0.717) is 12.4 Å². The Bertz CT molecular complexity index is 544. The Hall–Kier alpha value is -2.37. The fourth-order valence-electron chi connectivity index (χ4n) is 1.54. The normalized spacial score (nSPS) is 9.55. The molecule has 1 heterocycles. The van der Waals surface area contributed by atoms with Crippen molar-refractivity contribution in [1.82, 2.24) is 20.6 Å². The van der Waals surface area contributed by atoms with Crippen LogP contribution >= 0.6 is 0 Å². The standard InChI is InChI=1S/C12H14N4O2.C2H6/c1-8(17)13-7-12(18)14-6-11-15-9-4-2-3-5-10(9)16-11;1-2/h2-5H,6-7H2,1H3,(H,13,17)(H,14,18)(H,15,16);1-2H3. The smallest absolute Gasteiger partial charge is 0.239 e. The maximum atomic E-state index is 11.4. The Morgan fingerprint density at radius 2 is 1.90 bits per heavy atom. The topological polar surface area (TPSA) is 86.9 Å². The van der Waals surface area contributed by atoms with Crippen molar-refractivity contribution in [2.45, 2.75) is 27.3 Å². The molecule has 2 amide bonds. The van der Waals surface area contributed by atoms with E-state index in [9.17, 15) is 9.59 Å². The summed E-state index contributed by atoms with van der Waals surface area (Å²) in [5.41, 5.74) is 1.80. The lowest BCUT2D eigenvalue weighted by molar-refractivity contribution is -0.125. The van der Waals surface area contributed by atoms with Gasteiger partial charge in [0.15, 0.2) is 0 Å². The second-order valence-electron chi connectivity index (χ2n) is 3.89. The fourth-order valence-corrected chi connectivity index (χ4v) is 1.54. The number of hydrogen-bond donors (Lipinski definition) is 3. The molecule has 2 rings (SSSR count). The minimum Gasteiger partial charge on any atom is -0.347 e. The minimum atomic E-state index is -0.245. The van der Waals surface area contributed by atoms with E-state index in [-0.39, 0.29) is 18.4 Å². The van der Waals surface area contributed by atoms with Gasteiger partial charge in [0.2, 0.25) is 11.8 Å². The van der Waals surface area contributed by atoms with Gasteiger partial charge in [0.05, 0.1) is 24.1 Å². The number of nitrogens with one attached hydrogen (secondary N) is 3. The van der Waals surface area contributed by atoms with Crippen molar-refractivity contribution in [2.75, 3.05) is 6.54 Å². The van der Waals surface area contributed by atoms with Crippen LogP contribution in [0, 0.1) is 0 Å². The number of imidazole rings is 1. The minimum absolute atomic E-state index is 0.0183. The first-order valence-corrected chi connectivity index (χ1v) is 6.60. The summed E-state index contributed by atoms with van der Waals surface area (Å²) < 4.78 is 0.